The third kappa shape index (κ3) is 4.05. The van der Waals surface area contributed by atoms with E-state index in [1.54, 1.807) is 6.20 Å². The standard InChI is InChI=1S/C16H19BrN2O/c1-11(2)19-10-13-5-4-8-18-16(13)20-15-9-14(17)7-6-12(15)3/h4-9,11,19H,10H2,1-3H3. The van der Waals surface area contributed by atoms with Gasteiger partial charge in [-0.25, -0.2) is 4.98 Å². The van der Waals surface area contributed by atoms with Crippen molar-refractivity contribution in [3.05, 3.63) is 52.1 Å². The van der Waals surface area contributed by atoms with Crippen LogP contribution in [0.3, 0.4) is 0 Å². The van der Waals surface area contributed by atoms with Crippen molar-refractivity contribution in [1.82, 2.24) is 10.3 Å². The van der Waals surface area contributed by atoms with E-state index in [0.29, 0.717) is 11.9 Å². The molecule has 1 aromatic carbocycles. The van der Waals surface area contributed by atoms with E-state index in [1.165, 1.54) is 0 Å². The van der Waals surface area contributed by atoms with Crippen LogP contribution < -0.4 is 10.1 Å². The van der Waals surface area contributed by atoms with Crippen LogP contribution in [0.1, 0.15) is 25.0 Å². The van der Waals surface area contributed by atoms with Crippen LogP contribution in [-0.2, 0) is 6.54 Å². The molecule has 3 nitrogen and oxygen atoms in total. The third-order valence-corrected chi connectivity index (χ3v) is 3.40. The first-order valence-corrected chi connectivity index (χ1v) is 7.47. The Hall–Kier alpha value is -1.39. The molecule has 1 heterocycles. The fourth-order valence-electron chi connectivity index (χ4n) is 1.75. The van der Waals surface area contributed by atoms with Gasteiger partial charge < -0.3 is 10.1 Å². The van der Waals surface area contributed by atoms with Crippen molar-refractivity contribution >= 4 is 15.9 Å². The van der Waals surface area contributed by atoms with Gasteiger partial charge in [0, 0.05) is 28.8 Å². The second kappa shape index (κ2) is 6.86. The molecule has 2 aromatic rings. The highest BCUT2D eigenvalue weighted by atomic mass is 79.9. The molecule has 1 N–H and O–H groups in total. The van der Waals surface area contributed by atoms with Gasteiger partial charge in [0.15, 0.2) is 0 Å². The minimum Gasteiger partial charge on any atom is -0.438 e. The minimum atomic E-state index is 0.427. The molecule has 0 atom stereocenters. The van der Waals surface area contributed by atoms with Gasteiger partial charge in [-0.3, -0.25) is 0 Å². The molecule has 0 amide bonds. The predicted octanol–water partition coefficient (Wildman–Crippen LogP) is 4.44. The first-order chi connectivity index (χ1) is 9.56. The molecule has 20 heavy (non-hydrogen) atoms. The number of rotatable bonds is 5. The average Bonchev–Trinajstić information content (AvgIpc) is 2.42. The zero-order valence-electron chi connectivity index (χ0n) is 12.0. The number of halogens is 1. The monoisotopic (exact) mass is 334 g/mol. The summed E-state index contributed by atoms with van der Waals surface area (Å²) in [5, 5.41) is 3.38. The zero-order valence-corrected chi connectivity index (χ0v) is 13.6. The minimum absolute atomic E-state index is 0.427. The first-order valence-electron chi connectivity index (χ1n) is 6.67. The summed E-state index contributed by atoms with van der Waals surface area (Å²) < 4.78 is 6.97. The molecular formula is C16H19BrN2O. The van der Waals surface area contributed by atoms with Gasteiger partial charge >= 0.3 is 0 Å². The van der Waals surface area contributed by atoms with Crippen LogP contribution in [0.25, 0.3) is 0 Å². The molecule has 0 bridgehead atoms. The fourth-order valence-corrected chi connectivity index (χ4v) is 2.09. The van der Waals surface area contributed by atoms with Gasteiger partial charge in [0.05, 0.1) is 0 Å². The van der Waals surface area contributed by atoms with Crippen molar-refractivity contribution in [3.8, 4) is 11.6 Å². The van der Waals surface area contributed by atoms with Crippen molar-refractivity contribution < 1.29 is 4.74 Å². The van der Waals surface area contributed by atoms with Crippen LogP contribution in [0, 0.1) is 6.92 Å². The second-order valence-electron chi connectivity index (χ2n) is 5.02. The lowest BCUT2D eigenvalue weighted by Crippen LogP contribution is -2.22. The summed E-state index contributed by atoms with van der Waals surface area (Å²) in [6.45, 7) is 7.01. The van der Waals surface area contributed by atoms with Crippen LogP contribution in [0.4, 0.5) is 0 Å². The Labute approximate surface area is 128 Å². The quantitative estimate of drug-likeness (QED) is 0.877. The average molecular weight is 335 g/mol. The molecule has 0 saturated carbocycles. The van der Waals surface area contributed by atoms with Crippen LogP contribution in [0.5, 0.6) is 11.6 Å². The lowest BCUT2D eigenvalue weighted by atomic mass is 10.2. The van der Waals surface area contributed by atoms with E-state index in [-0.39, 0.29) is 0 Å². The van der Waals surface area contributed by atoms with Crippen LogP contribution in [-0.4, -0.2) is 11.0 Å². The van der Waals surface area contributed by atoms with E-state index in [1.807, 2.05) is 37.3 Å². The Bertz CT molecular complexity index is 584. The highest BCUT2D eigenvalue weighted by Gasteiger charge is 2.08. The molecule has 0 fully saturated rings. The van der Waals surface area contributed by atoms with E-state index < -0.39 is 0 Å². The van der Waals surface area contributed by atoms with Crippen molar-refractivity contribution in [1.29, 1.82) is 0 Å². The number of hydrogen-bond donors (Lipinski definition) is 1. The van der Waals surface area contributed by atoms with Gasteiger partial charge in [0.25, 0.3) is 0 Å². The smallest absolute Gasteiger partial charge is 0.223 e. The van der Waals surface area contributed by atoms with Crippen molar-refractivity contribution in [2.45, 2.75) is 33.4 Å². The number of nitrogens with zero attached hydrogens (tertiary/aromatic N) is 1. The molecule has 0 radical (unpaired) electrons. The lowest BCUT2D eigenvalue weighted by Gasteiger charge is -2.13. The van der Waals surface area contributed by atoms with Crippen molar-refractivity contribution in [3.63, 3.8) is 0 Å². The Morgan fingerprint density at radius 3 is 2.85 bits per heavy atom. The molecule has 0 saturated heterocycles. The van der Waals surface area contributed by atoms with Gasteiger partial charge in [-0.1, -0.05) is 41.9 Å². The summed E-state index contributed by atoms with van der Waals surface area (Å²) >= 11 is 3.47. The van der Waals surface area contributed by atoms with E-state index in [2.05, 4.69) is 40.1 Å². The number of pyridine rings is 1. The molecule has 0 spiro atoms. The van der Waals surface area contributed by atoms with E-state index in [4.69, 9.17) is 4.74 Å². The number of ether oxygens (including phenoxy) is 1. The highest BCUT2D eigenvalue weighted by Crippen LogP contribution is 2.28. The molecule has 1 aromatic heterocycles. The first kappa shape index (κ1) is 15.0. The number of benzene rings is 1. The summed E-state index contributed by atoms with van der Waals surface area (Å²) in [4.78, 5) is 4.35. The van der Waals surface area contributed by atoms with Crippen LogP contribution >= 0.6 is 15.9 Å². The zero-order chi connectivity index (χ0) is 14.5. The van der Waals surface area contributed by atoms with Gasteiger partial charge in [-0.15, -0.1) is 0 Å². The summed E-state index contributed by atoms with van der Waals surface area (Å²) in [7, 11) is 0. The largest absolute Gasteiger partial charge is 0.438 e. The van der Waals surface area contributed by atoms with E-state index >= 15 is 0 Å². The maximum Gasteiger partial charge on any atom is 0.223 e. The Kier molecular flexibility index (Phi) is 5.15. The molecule has 2 rings (SSSR count). The number of aromatic nitrogens is 1. The number of hydrogen-bond acceptors (Lipinski definition) is 3. The van der Waals surface area contributed by atoms with Crippen molar-refractivity contribution in [2.75, 3.05) is 0 Å². The van der Waals surface area contributed by atoms with Crippen LogP contribution in [0.15, 0.2) is 41.0 Å². The molecule has 0 unspecified atom stereocenters. The van der Waals surface area contributed by atoms with Gasteiger partial charge in [-0.2, -0.15) is 0 Å². The Balaban J connectivity index is 2.22. The Morgan fingerprint density at radius 1 is 1.30 bits per heavy atom. The lowest BCUT2D eigenvalue weighted by molar-refractivity contribution is 0.447. The number of aryl methyl sites for hydroxylation is 1. The predicted molar refractivity (Wildman–Crippen MR) is 85.2 cm³/mol. The molecule has 106 valence electrons. The van der Waals surface area contributed by atoms with Crippen molar-refractivity contribution in [2.24, 2.45) is 0 Å². The van der Waals surface area contributed by atoms with Gasteiger partial charge in [0.2, 0.25) is 5.88 Å². The molecule has 0 aliphatic rings. The SMILES string of the molecule is Cc1ccc(Br)cc1Oc1ncccc1CNC(C)C. The number of nitrogens with one attached hydrogen (secondary N) is 1. The molecule has 0 aliphatic carbocycles. The van der Waals surface area contributed by atoms with E-state index in [0.717, 1.165) is 27.9 Å². The molecule has 0 aliphatic heterocycles. The maximum atomic E-state index is 5.97. The Morgan fingerprint density at radius 2 is 2.10 bits per heavy atom. The van der Waals surface area contributed by atoms with Crippen LogP contribution in [0.2, 0.25) is 0 Å². The maximum absolute atomic E-state index is 5.97. The van der Waals surface area contributed by atoms with Gasteiger partial charge in [-0.05, 0) is 30.7 Å². The van der Waals surface area contributed by atoms with E-state index in [9.17, 15) is 0 Å². The highest BCUT2D eigenvalue weighted by molar-refractivity contribution is 9.10. The molecule has 4 heteroatoms. The summed E-state index contributed by atoms with van der Waals surface area (Å²) in [6.07, 6.45) is 1.75. The molecular weight excluding hydrogens is 316 g/mol. The normalized spacial score (nSPS) is 10.8. The second-order valence-corrected chi connectivity index (χ2v) is 5.93. The van der Waals surface area contributed by atoms with Gasteiger partial charge in [0.1, 0.15) is 5.75 Å². The summed E-state index contributed by atoms with van der Waals surface area (Å²) in [5.41, 5.74) is 2.14. The fraction of sp³-hybridized carbons (Fsp3) is 0.312. The summed E-state index contributed by atoms with van der Waals surface area (Å²) in [6, 6.07) is 10.4. The third-order valence-electron chi connectivity index (χ3n) is 2.91. The topological polar surface area (TPSA) is 34.1 Å². The summed E-state index contributed by atoms with van der Waals surface area (Å²) in [5.74, 6) is 1.48.